The third-order valence-corrected chi connectivity index (χ3v) is 15.5. The maximum absolute atomic E-state index is 11.9. The SMILES string of the molecule is CC(=O)CCNC(C)CCC(C)N.COCC(O)COCCC[Si](C)(C)O[Si](C)(C)CCCOCC(O)COC(=O)CCNC(C)CCC(C)N. The largest absolute Gasteiger partial charge is 0.463 e. The molecule has 0 aromatic carbocycles. The Kier molecular flexibility index (Phi) is 32.3. The van der Waals surface area contributed by atoms with Gasteiger partial charge in [-0.25, -0.2) is 0 Å². The van der Waals surface area contributed by atoms with Crippen molar-refractivity contribution in [2.75, 3.05) is 59.8 Å². The first-order valence-electron chi connectivity index (χ1n) is 19.1. The second-order valence-electron chi connectivity index (χ2n) is 15.4. The lowest BCUT2D eigenvalue weighted by Gasteiger charge is -2.34. The van der Waals surface area contributed by atoms with Crippen molar-refractivity contribution in [1.29, 1.82) is 0 Å². The van der Waals surface area contributed by atoms with Gasteiger partial charge in [0.05, 0.1) is 26.2 Å². The minimum Gasteiger partial charge on any atom is -0.463 e. The fourth-order valence-electron chi connectivity index (χ4n) is 5.18. The molecule has 306 valence electrons. The lowest BCUT2D eigenvalue weighted by Crippen LogP contribution is -2.44. The van der Waals surface area contributed by atoms with Crippen LogP contribution in [0.1, 0.15) is 86.0 Å². The molecule has 0 aromatic heterocycles. The molecular formula is C36H80N4O9Si2. The number of ketones is 1. The maximum Gasteiger partial charge on any atom is 0.307 e. The summed E-state index contributed by atoms with van der Waals surface area (Å²) >= 11 is 0. The number of esters is 1. The first-order chi connectivity index (χ1) is 23.8. The Morgan fingerprint density at radius 3 is 1.53 bits per heavy atom. The number of aliphatic hydroxyl groups is 2. The number of carbonyl (C=O) groups excluding carboxylic acids is 2. The molecule has 0 saturated heterocycles. The summed E-state index contributed by atoms with van der Waals surface area (Å²) in [6.45, 7) is 21.9. The summed E-state index contributed by atoms with van der Waals surface area (Å²) in [6, 6.07) is 3.20. The smallest absolute Gasteiger partial charge is 0.307 e. The van der Waals surface area contributed by atoms with E-state index in [2.05, 4.69) is 50.7 Å². The van der Waals surface area contributed by atoms with Gasteiger partial charge in [0.25, 0.3) is 0 Å². The number of hydrogen-bond donors (Lipinski definition) is 6. The molecule has 0 spiro atoms. The van der Waals surface area contributed by atoms with Crippen molar-refractivity contribution < 1.29 is 42.9 Å². The molecule has 0 bridgehead atoms. The lowest BCUT2D eigenvalue weighted by molar-refractivity contribution is -0.147. The summed E-state index contributed by atoms with van der Waals surface area (Å²) in [5.74, 6) is -0.0882. The van der Waals surface area contributed by atoms with Crippen LogP contribution in [0.25, 0.3) is 0 Å². The van der Waals surface area contributed by atoms with Gasteiger partial charge in [-0.05, 0) is 111 Å². The molecule has 0 radical (unpaired) electrons. The quantitative estimate of drug-likeness (QED) is 0.0330. The molecule has 13 nitrogen and oxygen atoms in total. The standard InChI is InChI=1S/C26H58N2O8Si2.C10H22N2O/c1-22(27)10-11-23(2)28-13-12-26(31)35-21-25(30)20-34-15-9-17-38(6,7)36-37(4,5)16-8-14-33-19-24(29)18-32-3;1-8(11)4-5-9(2)12-7-6-10(3)13/h22-25,28-30H,8-21,27H2,1-7H3;8-9,12H,4-7,11H2,1-3H3. The van der Waals surface area contributed by atoms with Crippen LogP contribution in [-0.4, -0.2) is 135 Å². The number of methoxy groups -OCH3 is 1. The summed E-state index contributed by atoms with van der Waals surface area (Å²) in [7, 11) is -2.08. The Labute approximate surface area is 313 Å². The van der Waals surface area contributed by atoms with E-state index in [0.29, 0.717) is 44.9 Å². The Morgan fingerprint density at radius 2 is 1.12 bits per heavy atom. The highest BCUT2D eigenvalue weighted by molar-refractivity contribution is 6.84. The normalized spacial score (nSPS) is 15.6. The average molecular weight is 769 g/mol. The summed E-state index contributed by atoms with van der Waals surface area (Å²) < 4.78 is 27.8. The first-order valence-corrected chi connectivity index (χ1v) is 25.3. The zero-order valence-corrected chi connectivity index (χ0v) is 36.1. The van der Waals surface area contributed by atoms with Crippen LogP contribution in [-0.2, 0) is 32.7 Å². The Bertz CT molecular complexity index is 858. The third kappa shape index (κ3) is 38.7. The van der Waals surface area contributed by atoms with E-state index < -0.39 is 28.8 Å². The number of hydrogen-bond acceptors (Lipinski definition) is 13. The van der Waals surface area contributed by atoms with E-state index in [1.165, 1.54) is 0 Å². The van der Waals surface area contributed by atoms with E-state index in [1.807, 2.05) is 13.8 Å². The molecule has 0 aliphatic heterocycles. The zero-order valence-electron chi connectivity index (χ0n) is 34.1. The van der Waals surface area contributed by atoms with Gasteiger partial charge in [-0.15, -0.1) is 0 Å². The van der Waals surface area contributed by atoms with Crippen LogP contribution < -0.4 is 22.1 Å². The molecule has 6 atom stereocenters. The van der Waals surface area contributed by atoms with E-state index in [1.54, 1.807) is 14.0 Å². The topological polar surface area (TPSA) is 197 Å². The average Bonchev–Trinajstić information content (AvgIpc) is 3.01. The second-order valence-corrected chi connectivity index (χ2v) is 24.3. The molecule has 0 rings (SSSR count). The van der Waals surface area contributed by atoms with Gasteiger partial charge in [0, 0.05) is 64.0 Å². The predicted molar refractivity (Wildman–Crippen MR) is 212 cm³/mol. The van der Waals surface area contributed by atoms with E-state index in [9.17, 15) is 19.8 Å². The van der Waals surface area contributed by atoms with Crippen LogP contribution in [0.3, 0.4) is 0 Å². The molecular weight excluding hydrogens is 689 g/mol. The highest BCUT2D eigenvalue weighted by Gasteiger charge is 2.32. The molecule has 0 aliphatic carbocycles. The molecule has 0 aromatic rings. The van der Waals surface area contributed by atoms with Crippen LogP contribution in [0.4, 0.5) is 0 Å². The molecule has 0 aliphatic rings. The lowest BCUT2D eigenvalue weighted by atomic mass is 10.1. The number of Topliss-reactive ketones (excluding diaryl/α,β-unsaturated/α-hetero) is 1. The molecule has 51 heavy (non-hydrogen) atoms. The van der Waals surface area contributed by atoms with Gasteiger partial charge in [0.2, 0.25) is 0 Å². The minimum atomic E-state index is -1.83. The van der Waals surface area contributed by atoms with Gasteiger partial charge < -0.3 is 55.4 Å². The molecule has 8 N–H and O–H groups in total. The summed E-state index contributed by atoms with van der Waals surface area (Å²) in [5.41, 5.74) is 11.4. The van der Waals surface area contributed by atoms with Crippen LogP contribution in [0.15, 0.2) is 0 Å². The van der Waals surface area contributed by atoms with Crippen LogP contribution >= 0.6 is 0 Å². The highest BCUT2D eigenvalue weighted by atomic mass is 28.4. The van der Waals surface area contributed by atoms with Crippen molar-refractivity contribution in [3.63, 3.8) is 0 Å². The van der Waals surface area contributed by atoms with Crippen molar-refractivity contribution in [3.8, 4) is 0 Å². The molecule has 0 saturated carbocycles. The van der Waals surface area contributed by atoms with Gasteiger partial charge in [-0.1, -0.05) is 0 Å². The summed E-state index contributed by atoms with van der Waals surface area (Å²) in [4.78, 5) is 22.5. The highest BCUT2D eigenvalue weighted by Crippen LogP contribution is 2.24. The molecule has 0 fully saturated rings. The number of rotatable bonds is 32. The predicted octanol–water partition coefficient (Wildman–Crippen LogP) is 3.70. The van der Waals surface area contributed by atoms with E-state index in [4.69, 9.17) is 34.5 Å². The third-order valence-electron chi connectivity index (χ3n) is 8.01. The van der Waals surface area contributed by atoms with Gasteiger partial charge in [-0.2, -0.15) is 0 Å². The van der Waals surface area contributed by atoms with E-state index in [0.717, 1.165) is 57.2 Å². The second kappa shape index (κ2) is 31.5. The summed E-state index contributed by atoms with van der Waals surface area (Å²) in [5, 5.41) is 26.3. The van der Waals surface area contributed by atoms with Crippen molar-refractivity contribution in [1.82, 2.24) is 10.6 Å². The van der Waals surface area contributed by atoms with Gasteiger partial charge in [0.1, 0.15) is 24.6 Å². The van der Waals surface area contributed by atoms with E-state index >= 15 is 0 Å². The monoisotopic (exact) mass is 769 g/mol. The maximum atomic E-state index is 11.9. The van der Waals surface area contributed by atoms with Gasteiger partial charge in [-0.3, -0.25) is 9.59 Å². The zero-order chi connectivity index (χ0) is 39.3. The van der Waals surface area contributed by atoms with Crippen molar-refractivity contribution in [2.45, 2.75) is 161 Å². The number of aliphatic hydroxyl groups excluding tert-OH is 2. The molecule has 0 amide bonds. The van der Waals surface area contributed by atoms with Crippen LogP contribution in [0.2, 0.25) is 38.3 Å². The fourth-order valence-corrected chi connectivity index (χ4v) is 14.0. The van der Waals surface area contributed by atoms with Crippen molar-refractivity contribution in [3.05, 3.63) is 0 Å². The number of carbonyl (C=O) groups is 2. The Morgan fingerprint density at radius 1 is 0.686 bits per heavy atom. The van der Waals surface area contributed by atoms with Gasteiger partial charge in [0.15, 0.2) is 16.6 Å². The molecule has 0 heterocycles. The molecule has 15 heteroatoms. The summed E-state index contributed by atoms with van der Waals surface area (Å²) in [6.07, 6.45) is 5.28. The number of nitrogens with one attached hydrogen (secondary N) is 2. The minimum absolute atomic E-state index is 0.0583. The van der Waals surface area contributed by atoms with Gasteiger partial charge >= 0.3 is 5.97 Å². The van der Waals surface area contributed by atoms with E-state index in [-0.39, 0.29) is 50.1 Å². The Hall–Kier alpha value is -0.826. The Balaban J connectivity index is 0. The van der Waals surface area contributed by atoms with Crippen molar-refractivity contribution in [2.24, 2.45) is 11.5 Å². The van der Waals surface area contributed by atoms with Crippen LogP contribution in [0.5, 0.6) is 0 Å². The first kappa shape index (κ1) is 52.3. The van der Waals surface area contributed by atoms with Crippen molar-refractivity contribution >= 4 is 28.4 Å². The fraction of sp³-hybridized carbons (Fsp3) is 0.944. The molecule has 6 unspecified atom stereocenters. The van der Waals surface area contributed by atoms with Crippen LogP contribution in [0, 0.1) is 0 Å². The number of ether oxygens (including phenoxy) is 4. The number of nitrogens with two attached hydrogens (primary N) is 2.